The normalized spacial score (nSPS) is 13.3. The van der Waals surface area contributed by atoms with Crippen LogP contribution in [0.15, 0.2) is 59.5 Å². The van der Waals surface area contributed by atoms with E-state index in [2.05, 4.69) is 15.5 Å². The molecule has 2 heterocycles. The molecule has 0 bridgehead atoms. The molecular weight excluding hydrogens is 392 g/mol. The summed E-state index contributed by atoms with van der Waals surface area (Å²) in [6.07, 6.45) is 0.892. The highest BCUT2D eigenvalue weighted by molar-refractivity contribution is 8.00. The van der Waals surface area contributed by atoms with Crippen LogP contribution in [-0.2, 0) is 16.0 Å². The topological polar surface area (TPSA) is 75.2 Å². The Hall–Kier alpha value is -2.71. The first kappa shape index (κ1) is 18.6. The van der Waals surface area contributed by atoms with Gasteiger partial charge >= 0.3 is 0 Å². The van der Waals surface area contributed by atoms with Crippen molar-refractivity contribution in [3.05, 3.63) is 65.2 Å². The molecule has 0 spiro atoms. The minimum absolute atomic E-state index is 0.0255. The Labute approximate surface area is 171 Å². The van der Waals surface area contributed by atoms with E-state index in [1.165, 1.54) is 23.1 Å². The van der Waals surface area contributed by atoms with Crippen LogP contribution in [0.5, 0.6) is 0 Å². The number of hydrogen-bond donors (Lipinski definition) is 1. The van der Waals surface area contributed by atoms with Gasteiger partial charge in [-0.15, -0.1) is 22.0 Å². The minimum atomic E-state index is -0.175. The van der Waals surface area contributed by atoms with Crippen molar-refractivity contribution in [3.8, 4) is 0 Å². The quantitative estimate of drug-likeness (QED) is 0.672. The Balaban J connectivity index is 1.33. The number of amides is 2. The van der Waals surface area contributed by atoms with Gasteiger partial charge < -0.3 is 10.2 Å². The number of nitrogens with zero attached hydrogens (tertiary/aromatic N) is 3. The Morgan fingerprint density at radius 2 is 1.86 bits per heavy atom. The lowest BCUT2D eigenvalue weighted by atomic mass is 10.2. The maximum atomic E-state index is 12.3. The molecule has 1 N–H and O–H groups in total. The van der Waals surface area contributed by atoms with Gasteiger partial charge in [-0.2, -0.15) is 0 Å². The number of thioether (sulfide) groups is 1. The highest BCUT2D eigenvalue weighted by Gasteiger charge is 2.24. The van der Waals surface area contributed by atoms with E-state index in [-0.39, 0.29) is 18.2 Å². The van der Waals surface area contributed by atoms with Gasteiger partial charge in [0.15, 0.2) is 0 Å². The Kier molecular flexibility index (Phi) is 5.68. The van der Waals surface area contributed by atoms with Gasteiger partial charge in [-0.25, -0.2) is 0 Å². The molecule has 0 saturated carbocycles. The van der Waals surface area contributed by atoms with Gasteiger partial charge in [-0.05, 0) is 17.7 Å². The number of carbonyl (C=O) groups excluding carboxylic acids is 2. The number of para-hydroxylation sites is 1. The lowest BCUT2D eigenvalue weighted by molar-refractivity contribution is -0.117. The van der Waals surface area contributed by atoms with Gasteiger partial charge in [-0.3, -0.25) is 9.59 Å². The van der Waals surface area contributed by atoms with E-state index in [1.54, 1.807) is 4.90 Å². The van der Waals surface area contributed by atoms with Gasteiger partial charge in [0, 0.05) is 24.3 Å². The maximum Gasteiger partial charge on any atom is 0.237 e. The van der Waals surface area contributed by atoms with Crippen LogP contribution in [0.25, 0.3) is 0 Å². The fourth-order valence-electron chi connectivity index (χ4n) is 2.94. The first-order valence-corrected chi connectivity index (χ1v) is 10.7. The van der Waals surface area contributed by atoms with E-state index in [9.17, 15) is 9.59 Å². The molecule has 1 aromatic heterocycles. The first-order chi connectivity index (χ1) is 13.7. The van der Waals surface area contributed by atoms with Gasteiger partial charge in [-0.1, -0.05) is 53.8 Å². The number of rotatable bonds is 6. The van der Waals surface area contributed by atoms with Crippen LogP contribution in [0, 0.1) is 0 Å². The smallest absolute Gasteiger partial charge is 0.237 e. The van der Waals surface area contributed by atoms with Crippen molar-refractivity contribution in [1.82, 2.24) is 10.2 Å². The zero-order chi connectivity index (χ0) is 19.3. The second kappa shape index (κ2) is 8.53. The third-order valence-corrected chi connectivity index (χ3v) is 6.17. The van der Waals surface area contributed by atoms with Gasteiger partial charge in [0.1, 0.15) is 5.01 Å². The third kappa shape index (κ3) is 4.40. The molecule has 0 aliphatic carbocycles. The zero-order valence-electron chi connectivity index (χ0n) is 15.0. The van der Waals surface area contributed by atoms with Crippen molar-refractivity contribution in [2.45, 2.75) is 17.7 Å². The Bertz CT molecular complexity index is 991. The van der Waals surface area contributed by atoms with E-state index in [1.807, 2.05) is 54.6 Å². The lowest BCUT2D eigenvalue weighted by Gasteiger charge is -2.28. The molecule has 0 unspecified atom stereocenters. The van der Waals surface area contributed by atoms with E-state index < -0.39 is 0 Å². The highest BCUT2D eigenvalue weighted by atomic mass is 32.2. The summed E-state index contributed by atoms with van der Waals surface area (Å²) >= 11 is 2.90. The van der Waals surface area contributed by atoms with Crippen molar-refractivity contribution in [3.63, 3.8) is 0 Å². The number of hydrogen-bond acceptors (Lipinski definition) is 6. The Morgan fingerprint density at radius 1 is 1.07 bits per heavy atom. The molecule has 0 fully saturated rings. The first-order valence-electron chi connectivity index (χ1n) is 8.87. The van der Waals surface area contributed by atoms with Crippen molar-refractivity contribution in [1.29, 1.82) is 0 Å². The fourth-order valence-corrected chi connectivity index (χ4v) is 4.67. The average Bonchev–Trinajstić information content (AvgIpc) is 3.14. The SMILES string of the molecule is O=C(CCN1C(=O)CSc2ccccc21)Nc1nnc(Cc2ccccc2)s1. The minimum Gasteiger partial charge on any atom is -0.310 e. The van der Waals surface area contributed by atoms with Gasteiger partial charge in [0.05, 0.1) is 11.4 Å². The van der Waals surface area contributed by atoms with Crippen LogP contribution >= 0.6 is 23.1 Å². The van der Waals surface area contributed by atoms with Crippen LogP contribution in [-0.4, -0.2) is 34.3 Å². The van der Waals surface area contributed by atoms with Crippen LogP contribution in [0.2, 0.25) is 0 Å². The molecule has 6 nitrogen and oxygen atoms in total. The van der Waals surface area contributed by atoms with Crippen LogP contribution in [0.4, 0.5) is 10.8 Å². The molecule has 0 saturated heterocycles. The van der Waals surface area contributed by atoms with Crippen molar-refractivity contribution < 1.29 is 9.59 Å². The number of nitrogens with one attached hydrogen (secondary N) is 1. The molecule has 4 rings (SSSR count). The van der Waals surface area contributed by atoms with E-state index in [0.29, 0.717) is 23.8 Å². The van der Waals surface area contributed by atoms with Crippen molar-refractivity contribution in [2.24, 2.45) is 0 Å². The van der Waals surface area contributed by atoms with Gasteiger partial charge in [0.25, 0.3) is 0 Å². The summed E-state index contributed by atoms with van der Waals surface area (Å²) in [4.78, 5) is 27.3. The number of benzene rings is 2. The number of fused-ring (bicyclic) bond motifs is 1. The predicted molar refractivity (Wildman–Crippen MR) is 112 cm³/mol. The number of anilines is 2. The zero-order valence-corrected chi connectivity index (χ0v) is 16.6. The number of aromatic nitrogens is 2. The van der Waals surface area contributed by atoms with Crippen molar-refractivity contribution >= 4 is 45.7 Å². The monoisotopic (exact) mass is 410 g/mol. The largest absolute Gasteiger partial charge is 0.310 e. The molecule has 1 aliphatic rings. The Morgan fingerprint density at radius 3 is 2.71 bits per heavy atom. The van der Waals surface area contributed by atoms with Gasteiger partial charge in [0.2, 0.25) is 16.9 Å². The summed E-state index contributed by atoms with van der Waals surface area (Å²) in [7, 11) is 0. The molecule has 142 valence electrons. The summed E-state index contributed by atoms with van der Waals surface area (Å²) in [5, 5.41) is 12.3. The summed E-state index contributed by atoms with van der Waals surface area (Å²) in [6, 6.07) is 17.8. The van der Waals surface area contributed by atoms with Crippen molar-refractivity contribution in [2.75, 3.05) is 22.5 Å². The molecule has 2 amide bonds. The summed E-state index contributed by atoms with van der Waals surface area (Å²) in [6.45, 7) is 0.345. The predicted octanol–water partition coefficient (Wildman–Crippen LogP) is 3.60. The maximum absolute atomic E-state index is 12.3. The molecule has 0 atom stereocenters. The second-order valence-electron chi connectivity index (χ2n) is 6.26. The highest BCUT2D eigenvalue weighted by Crippen LogP contribution is 2.34. The molecule has 28 heavy (non-hydrogen) atoms. The molecule has 1 aliphatic heterocycles. The molecular formula is C20H18N4O2S2. The lowest BCUT2D eigenvalue weighted by Crippen LogP contribution is -2.37. The van der Waals surface area contributed by atoms with Crippen LogP contribution in [0.3, 0.4) is 0 Å². The summed E-state index contributed by atoms with van der Waals surface area (Å²) in [5.74, 6) is 0.251. The second-order valence-corrected chi connectivity index (χ2v) is 8.34. The van der Waals surface area contributed by atoms with E-state index in [4.69, 9.17) is 0 Å². The van der Waals surface area contributed by atoms with Crippen LogP contribution < -0.4 is 10.2 Å². The summed E-state index contributed by atoms with van der Waals surface area (Å²) < 4.78 is 0. The molecule has 2 aromatic carbocycles. The fraction of sp³-hybridized carbons (Fsp3) is 0.200. The summed E-state index contributed by atoms with van der Waals surface area (Å²) in [5.41, 5.74) is 2.02. The standard InChI is InChI=1S/C20H18N4O2S2/c25-17(10-11-24-15-8-4-5-9-16(15)27-13-19(24)26)21-20-23-22-18(28-20)12-14-6-2-1-3-7-14/h1-9H,10-13H2,(H,21,23,25). The van der Waals surface area contributed by atoms with E-state index in [0.717, 1.165) is 21.2 Å². The van der Waals surface area contributed by atoms with Crippen LogP contribution in [0.1, 0.15) is 17.0 Å². The molecule has 0 radical (unpaired) electrons. The third-order valence-electron chi connectivity index (χ3n) is 4.28. The number of carbonyl (C=O) groups is 2. The van der Waals surface area contributed by atoms with E-state index >= 15 is 0 Å². The molecule has 3 aromatic rings. The average molecular weight is 411 g/mol. The molecule has 8 heteroatoms.